The van der Waals surface area contributed by atoms with E-state index < -0.39 is 11.9 Å². The van der Waals surface area contributed by atoms with E-state index in [2.05, 4.69) is 5.32 Å². The molecule has 0 bridgehead atoms. The van der Waals surface area contributed by atoms with Gasteiger partial charge in [0.05, 0.1) is 11.3 Å². The van der Waals surface area contributed by atoms with Gasteiger partial charge in [-0.05, 0) is 35.7 Å². The molecule has 0 aliphatic heterocycles. The van der Waals surface area contributed by atoms with E-state index in [0.29, 0.717) is 16.9 Å². The van der Waals surface area contributed by atoms with Crippen LogP contribution in [0.25, 0.3) is 10.8 Å². The number of carboxylic acids is 1. The molecule has 23 heavy (non-hydrogen) atoms. The summed E-state index contributed by atoms with van der Waals surface area (Å²) >= 11 is 0. The fourth-order valence-electron chi connectivity index (χ4n) is 2.46. The maximum atomic E-state index is 11.4. The van der Waals surface area contributed by atoms with Gasteiger partial charge in [-0.25, -0.2) is 4.79 Å². The molecule has 5 nitrogen and oxygen atoms in total. The summed E-state index contributed by atoms with van der Waals surface area (Å²) < 4.78 is 0. The van der Waals surface area contributed by atoms with Crippen LogP contribution in [0.2, 0.25) is 0 Å². The van der Waals surface area contributed by atoms with Crippen molar-refractivity contribution in [2.45, 2.75) is 0 Å². The molecule has 0 saturated carbocycles. The van der Waals surface area contributed by atoms with E-state index in [0.717, 1.165) is 10.8 Å². The van der Waals surface area contributed by atoms with Crippen LogP contribution in [0, 0.1) is 0 Å². The lowest BCUT2D eigenvalue weighted by Crippen LogP contribution is -2.10. The summed E-state index contributed by atoms with van der Waals surface area (Å²) in [5.41, 5.74) is 7.10. The lowest BCUT2D eigenvalue weighted by molar-refractivity contribution is 0.0697. The Morgan fingerprint density at radius 2 is 1.65 bits per heavy atom. The maximum Gasteiger partial charge on any atom is 0.337 e. The first-order chi connectivity index (χ1) is 11.1. The lowest BCUT2D eigenvalue weighted by atomic mass is 10.0. The standard InChI is InChI=1S/C18H14N2O3/c19-17(21)12-9-8-11-4-3-7-16(14(11)10-12)20-15-6-2-1-5-13(15)18(22)23/h1-10,20H,(H2,19,21)(H,22,23). The minimum absolute atomic E-state index is 0.176. The van der Waals surface area contributed by atoms with Crippen LogP contribution in [0.1, 0.15) is 20.7 Å². The third kappa shape index (κ3) is 2.85. The van der Waals surface area contributed by atoms with Gasteiger partial charge in [-0.15, -0.1) is 0 Å². The highest BCUT2D eigenvalue weighted by atomic mass is 16.4. The molecule has 114 valence electrons. The van der Waals surface area contributed by atoms with Crippen LogP contribution in [-0.2, 0) is 0 Å². The average molecular weight is 306 g/mol. The number of aromatic carboxylic acids is 1. The molecule has 0 aliphatic rings. The van der Waals surface area contributed by atoms with Crippen molar-refractivity contribution in [3.05, 3.63) is 71.8 Å². The van der Waals surface area contributed by atoms with Crippen LogP contribution in [-0.4, -0.2) is 17.0 Å². The molecular weight excluding hydrogens is 292 g/mol. The van der Waals surface area contributed by atoms with Gasteiger partial charge in [0, 0.05) is 16.6 Å². The molecule has 0 fully saturated rings. The highest BCUT2D eigenvalue weighted by Gasteiger charge is 2.11. The quantitative estimate of drug-likeness (QED) is 0.689. The largest absolute Gasteiger partial charge is 0.478 e. The molecule has 3 aromatic rings. The number of amides is 1. The van der Waals surface area contributed by atoms with Crippen molar-refractivity contribution in [2.75, 3.05) is 5.32 Å². The highest BCUT2D eigenvalue weighted by molar-refractivity contribution is 6.03. The first-order valence-electron chi connectivity index (χ1n) is 6.98. The van der Waals surface area contributed by atoms with Gasteiger partial charge in [0.15, 0.2) is 0 Å². The summed E-state index contributed by atoms with van der Waals surface area (Å²) in [6, 6.07) is 17.4. The normalized spacial score (nSPS) is 10.4. The predicted molar refractivity (Wildman–Crippen MR) is 89.1 cm³/mol. The number of nitrogens with two attached hydrogens (primary N) is 1. The molecule has 3 rings (SSSR count). The molecule has 0 radical (unpaired) electrons. The minimum atomic E-state index is -1.01. The fourth-order valence-corrected chi connectivity index (χ4v) is 2.46. The molecule has 0 aliphatic carbocycles. The average Bonchev–Trinajstić information content (AvgIpc) is 2.55. The molecule has 0 spiro atoms. The molecule has 4 N–H and O–H groups in total. The van der Waals surface area contributed by atoms with E-state index in [4.69, 9.17) is 5.73 Å². The molecule has 1 amide bonds. The number of carbonyl (C=O) groups is 2. The smallest absolute Gasteiger partial charge is 0.337 e. The number of hydrogen-bond donors (Lipinski definition) is 3. The molecule has 5 heteroatoms. The number of hydrogen-bond acceptors (Lipinski definition) is 3. The summed E-state index contributed by atoms with van der Waals surface area (Å²) in [6.07, 6.45) is 0. The Labute approximate surface area is 132 Å². The molecular formula is C18H14N2O3. The van der Waals surface area contributed by atoms with Gasteiger partial charge in [0.1, 0.15) is 0 Å². The van der Waals surface area contributed by atoms with Crippen molar-refractivity contribution in [3.8, 4) is 0 Å². The Bertz CT molecular complexity index is 919. The molecule has 3 aromatic carbocycles. The number of fused-ring (bicyclic) bond motifs is 1. The zero-order valence-corrected chi connectivity index (χ0v) is 12.1. The van der Waals surface area contributed by atoms with E-state index in [1.807, 2.05) is 24.3 Å². The van der Waals surface area contributed by atoms with Gasteiger partial charge in [0.25, 0.3) is 0 Å². The molecule has 0 heterocycles. The van der Waals surface area contributed by atoms with Crippen molar-refractivity contribution in [1.82, 2.24) is 0 Å². The summed E-state index contributed by atoms with van der Waals surface area (Å²) in [5, 5.41) is 14.1. The van der Waals surface area contributed by atoms with E-state index in [1.54, 1.807) is 30.3 Å². The number of anilines is 2. The second-order valence-electron chi connectivity index (χ2n) is 5.08. The van der Waals surface area contributed by atoms with Crippen molar-refractivity contribution < 1.29 is 14.7 Å². The van der Waals surface area contributed by atoms with E-state index in [-0.39, 0.29) is 5.56 Å². The maximum absolute atomic E-state index is 11.4. The summed E-state index contributed by atoms with van der Waals surface area (Å²) in [4.78, 5) is 22.7. The predicted octanol–water partition coefficient (Wildman–Crippen LogP) is 3.38. The second-order valence-corrected chi connectivity index (χ2v) is 5.08. The van der Waals surface area contributed by atoms with E-state index in [1.165, 1.54) is 6.07 Å². The Morgan fingerprint density at radius 1 is 0.913 bits per heavy atom. The molecule has 0 aromatic heterocycles. The summed E-state index contributed by atoms with van der Waals surface area (Å²) in [6.45, 7) is 0. The number of carbonyl (C=O) groups excluding carboxylic acids is 1. The first kappa shape index (κ1) is 14.6. The van der Waals surface area contributed by atoms with Gasteiger partial charge in [-0.3, -0.25) is 4.79 Å². The third-order valence-corrected chi connectivity index (χ3v) is 3.59. The van der Waals surface area contributed by atoms with Crippen LogP contribution in [0.15, 0.2) is 60.7 Å². The first-order valence-corrected chi connectivity index (χ1v) is 6.98. The second kappa shape index (κ2) is 5.81. The molecule has 0 unspecified atom stereocenters. The number of benzene rings is 3. The van der Waals surface area contributed by atoms with Crippen molar-refractivity contribution in [1.29, 1.82) is 0 Å². The van der Waals surface area contributed by atoms with Crippen molar-refractivity contribution >= 4 is 34.0 Å². The van der Waals surface area contributed by atoms with Gasteiger partial charge < -0.3 is 16.2 Å². The Hall–Kier alpha value is -3.34. The third-order valence-electron chi connectivity index (χ3n) is 3.59. The van der Waals surface area contributed by atoms with Crippen LogP contribution >= 0.6 is 0 Å². The van der Waals surface area contributed by atoms with Crippen LogP contribution < -0.4 is 11.1 Å². The van der Waals surface area contributed by atoms with Crippen molar-refractivity contribution in [3.63, 3.8) is 0 Å². The van der Waals surface area contributed by atoms with Crippen LogP contribution in [0.5, 0.6) is 0 Å². The number of nitrogens with one attached hydrogen (secondary N) is 1. The Kier molecular flexibility index (Phi) is 3.68. The number of rotatable bonds is 4. The fraction of sp³-hybridized carbons (Fsp3) is 0. The highest BCUT2D eigenvalue weighted by Crippen LogP contribution is 2.28. The van der Waals surface area contributed by atoms with E-state index >= 15 is 0 Å². The Balaban J connectivity index is 2.12. The van der Waals surface area contributed by atoms with E-state index in [9.17, 15) is 14.7 Å². The number of primary amides is 1. The monoisotopic (exact) mass is 306 g/mol. The zero-order chi connectivity index (χ0) is 16.4. The molecule has 0 atom stereocenters. The van der Waals surface area contributed by atoms with Crippen LogP contribution in [0.3, 0.4) is 0 Å². The number of para-hydroxylation sites is 1. The van der Waals surface area contributed by atoms with Crippen LogP contribution in [0.4, 0.5) is 11.4 Å². The number of carboxylic acid groups (broad SMARTS) is 1. The minimum Gasteiger partial charge on any atom is -0.478 e. The summed E-state index contributed by atoms with van der Waals surface area (Å²) in [7, 11) is 0. The lowest BCUT2D eigenvalue weighted by Gasteiger charge is -2.12. The van der Waals surface area contributed by atoms with Crippen molar-refractivity contribution in [2.24, 2.45) is 5.73 Å². The summed E-state index contributed by atoms with van der Waals surface area (Å²) in [5.74, 6) is -1.51. The topological polar surface area (TPSA) is 92.4 Å². The molecule has 0 saturated heterocycles. The van der Waals surface area contributed by atoms with Gasteiger partial charge in [0.2, 0.25) is 5.91 Å². The SMILES string of the molecule is NC(=O)c1ccc2cccc(Nc3ccccc3C(=O)O)c2c1. The van der Waals surface area contributed by atoms with Gasteiger partial charge in [-0.2, -0.15) is 0 Å². The van der Waals surface area contributed by atoms with Gasteiger partial charge in [-0.1, -0.05) is 30.3 Å². The van der Waals surface area contributed by atoms with Gasteiger partial charge >= 0.3 is 5.97 Å². The zero-order valence-electron chi connectivity index (χ0n) is 12.1. The Morgan fingerprint density at radius 3 is 2.39 bits per heavy atom.